The van der Waals surface area contributed by atoms with Crippen molar-refractivity contribution in [2.24, 2.45) is 0 Å². The quantitative estimate of drug-likeness (QED) is 0.399. The Morgan fingerprint density at radius 3 is 2.56 bits per heavy atom. The van der Waals surface area contributed by atoms with Crippen molar-refractivity contribution in [3.63, 3.8) is 0 Å². The van der Waals surface area contributed by atoms with Crippen LogP contribution in [0.25, 0.3) is 0 Å². The molecule has 1 rings (SSSR count). The van der Waals surface area contributed by atoms with Gasteiger partial charge in [-0.25, -0.2) is 0 Å². The third kappa shape index (κ3) is 2.95. The number of H-pyrrole nitrogens is 2. The van der Waals surface area contributed by atoms with E-state index in [2.05, 4.69) is 22.2 Å². The van der Waals surface area contributed by atoms with Crippen molar-refractivity contribution in [2.45, 2.75) is 0 Å². The van der Waals surface area contributed by atoms with E-state index in [1.54, 1.807) is 0 Å². The molecule has 2 N–H and O–H groups in total. The summed E-state index contributed by atoms with van der Waals surface area (Å²) in [5.41, 5.74) is -0.172. The molecular weight excluding hydrogens is 147 g/mol. The van der Waals surface area contributed by atoms with Gasteiger partial charge in [-0.3, -0.25) is 9.78 Å². The first-order valence-electron chi connectivity index (χ1n) is 2.07. The van der Waals surface area contributed by atoms with Crippen LogP contribution < -0.4 is 5.56 Å². The van der Waals surface area contributed by atoms with Crippen LogP contribution in [0.2, 0.25) is 0 Å². The first-order valence-corrected chi connectivity index (χ1v) is 2.48. The Bertz CT molecular complexity index is 253. The van der Waals surface area contributed by atoms with Gasteiger partial charge in [-0.2, -0.15) is 0 Å². The second kappa shape index (κ2) is 4.00. The van der Waals surface area contributed by atoms with E-state index in [4.69, 9.17) is 0 Å². The van der Waals surface area contributed by atoms with Crippen molar-refractivity contribution in [3.8, 4) is 0 Å². The van der Waals surface area contributed by atoms with Crippen molar-refractivity contribution in [2.75, 3.05) is 0 Å². The molecule has 0 aliphatic heterocycles. The van der Waals surface area contributed by atoms with Crippen LogP contribution in [0.1, 0.15) is 0 Å². The van der Waals surface area contributed by atoms with Crippen molar-refractivity contribution in [1.29, 1.82) is 0 Å². The van der Waals surface area contributed by atoms with E-state index in [0.717, 1.165) is 0 Å². The Hall–Kier alpha value is 0.1000. The van der Waals surface area contributed by atoms with Crippen molar-refractivity contribution < 1.29 is 0 Å². The van der Waals surface area contributed by atoms with Gasteiger partial charge < -0.3 is 4.98 Å². The molecule has 0 spiro atoms. The fraction of sp³-hybridized carbons (Fsp3) is 0. The molecule has 0 aliphatic rings. The van der Waals surface area contributed by atoms with Crippen LogP contribution in [0.15, 0.2) is 17.1 Å². The van der Waals surface area contributed by atoms with Crippen molar-refractivity contribution in [1.82, 2.24) is 9.97 Å². The molecule has 0 amide bonds. The number of nitrogens with one attached hydrogen (secondary N) is 2. The van der Waals surface area contributed by atoms with Gasteiger partial charge in [0.05, 0.1) is 0 Å². The van der Waals surface area contributed by atoms with Gasteiger partial charge in [0, 0.05) is 12.3 Å². The molecule has 1 aromatic rings. The molecular formula is C4H5N2NaOS. The number of aromatic nitrogens is 2. The topological polar surface area (TPSA) is 48.6 Å². The fourth-order valence-corrected chi connectivity index (χ4v) is 0.551. The third-order valence-corrected chi connectivity index (χ3v) is 0.906. The molecule has 0 radical (unpaired) electrons. The molecule has 0 fully saturated rings. The summed E-state index contributed by atoms with van der Waals surface area (Å²) in [4.78, 5) is 15.4. The Labute approximate surface area is 78.8 Å². The van der Waals surface area contributed by atoms with Crippen LogP contribution >= 0.6 is 12.2 Å². The monoisotopic (exact) mass is 152 g/mol. The van der Waals surface area contributed by atoms with Crippen LogP contribution in [-0.4, -0.2) is 39.5 Å². The van der Waals surface area contributed by atoms with E-state index < -0.39 is 0 Å². The van der Waals surface area contributed by atoms with Gasteiger partial charge >= 0.3 is 29.6 Å². The zero-order chi connectivity index (χ0) is 5.98. The Kier molecular flexibility index (Phi) is 4.05. The van der Waals surface area contributed by atoms with Gasteiger partial charge in [-0.15, -0.1) is 0 Å². The molecule has 0 aliphatic carbocycles. The van der Waals surface area contributed by atoms with Gasteiger partial charge in [0.25, 0.3) is 5.56 Å². The zero-order valence-electron chi connectivity index (χ0n) is 3.97. The van der Waals surface area contributed by atoms with E-state index in [9.17, 15) is 4.79 Å². The molecule has 44 valence electrons. The molecule has 0 atom stereocenters. The number of rotatable bonds is 0. The standard InChI is InChI=1S/C4H4N2OS.Na.H/c7-3-1-2-5-4(8)6-3;;/h1-2H,(H2,5,6,7,8);;. The summed E-state index contributed by atoms with van der Waals surface area (Å²) in [5, 5.41) is 0. The van der Waals surface area contributed by atoms with E-state index >= 15 is 0 Å². The Morgan fingerprint density at radius 1 is 1.56 bits per heavy atom. The molecule has 0 saturated heterocycles. The number of aromatic amines is 2. The molecule has 0 aromatic carbocycles. The van der Waals surface area contributed by atoms with Crippen LogP contribution in [0.5, 0.6) is 0 Å². The minimum atomic E-state index is -0.172. The summed E-state index contributed by atoms with van der Waals surface area (Å²) in [6.07, 6.45) is 1.50. The van der Waals surface area contributed by atoms with Gasteiger partial charge in [0.1, 0.15) is 0 Å². The third-order valence-electron chi connectivity index (χ3n) is 0.686. The second-order valence-corrected chi connectivity index (χ2v) is 1.70. The zero-order valence-corrected chi connectivity index (χ0v) is 4.79. The van der Waals surface area contributed by atoms with Crippen LogP contribution in [0, 0.1) is 4.77 Å². The number of hydrogen-bond acceptors (Lipinski definition) is 2. The normalized spacial score (nSPS) is 8.00. The summed E-state index contributed by atoms with van der Waals surface area (Å²) in [6, 6.07) is 1.37. The summed E-state index contributed by atoms with van der Waals surface area (Å²) < 4.78 is 0.359. The van der Waals surface area contributed by atoms with Crippen molar-refractivity contribution >= 4 is 41.8 Å². The predicted molar refractivity (Wildman–Crippen MR) is 39.4 cm³/mol. The second-order valence-electron chi connectivity index (χ2n) is 1.30. The maximum absolute atomic E-state index is 10.3. The van der Waals surface area contributed by atoms with Gasteiger partial charge in [0.2, 0.25) is 0 Å². The molecule has 0 unspecified atom stereocenters. The van der Waals surface area contributed by atoms with Gasteiger partial charge in [0.15, 0.2) is 4.77 Å². The molecule has 5 heteroatoms. The Morgan fingerprint density at radius 2 is 2.22 bits per heavy atom. The molecule has 1 aromatic heterocycles. The SMILES string of the molecule is O=c1cc[nH]c(=S)[nH]1.[NaH]. The molecule has 0 saturated carbocycles. The molecule has 9 heavy (non-hydrogen) atoms. The van der Waals surface area contributed by atoms with E-state index in [1.807, 2.05) is 0 Å². The number of hydrogen-bond donors (Lipinski definition) is 2. The van der Waals surface area contributed by atoms with E-state index in [-0.39, 0.29) is 35.1 Å². The average Bonchev–Trinajstić information content (AvgIpc) is 1.64. The minimum absolute atomic E-state index is 0. The van der Waals surface area contributed by atoms with Crippen LogP contribution in [0.3, 0.4) is 0 Å². The predicted octanol–water partition coefficient (Wildman–Crippen LogP) is -0.216. The molecule has 0 bridgehead atoms. The summed E-state index contributed by atoms with van der Waals surface area (Å²) in [7, 11) is 0. The maximum atomic E-state index is 10.3. The Balaban J connectivity index is 0.000000640. The summed E-state index contributed by atoms with van der Waals surface area (Å²) in [5.74, 6) is 0. The molecule has 1 heterocycles. The van der Waals surface area contributed by atoms with Crippen LogP contribution in [0.4, 0.5) is 0 Å². The van der Waals surface area contributed by atoms with E-state index in [1.165, 1.54) is 12.3 Å². The average molecular weight is 152 g/mol. The summed E-state index contributed by atoms with van der Waals surface area (Å²) in [6.45, 7) is 0. The van der Waals surface area contributed by atoms with Gasteiger partial charge in [-0.05, 0) is 12.2 Å². The van der Waals surface area contributed by atoms with Gasteiger partial charge in [-0.1, -0.05) is 0 Å². The van der Waals surface area contributed by atoms with E-state index in [0.29, 0.717) is 4.77 Å². The first kappa shape index (κ1) is 9.10. The summed E-state index contributed by atoms with van der Waals surface area (Å²) >= 11 is 4.59. The molecule has 3 nitrogen and oxygen atoms in total. The van der Waals surface area contributed by atoms with Crippen molar-refractivity contribution in [3.05, 3.63) is 27.4 Å². The first-order chi connectivity index (χ1) is 3.79. The fourth-order valence-electron chi connectivity index (χ4n) is 0.383. The van der Waals surface area contributed by atoms with Crippen LogP contribution in [-0.2, 0) is 0 Å².